The van der Waals surface area contributed by atoms with Crippen molar-refractivity contribution in [2.24, 2.45) is 5.10 Å². The van der Waals surface area contributed by atoms with E-state index in [1.54, 1.807) is 24.3 Å². The molecule has 0 saturated heterocycles. The zero-order chi connectivity index (χ0) is 17.4. The van der Waals surface area contributed by atoms with E-state index in [1.165, 1.54) is 30.5 Å². The SMILES string of the molecule is C#CCOc1ccccc1/C=N/NC(=O)c1ccc([N+](=O)[O-])cc1. The Morgan fingerprint density at radius 3 is 2.67 bits per heavy atom. The molecule has 0 aliphatic heterocycles. The van der Waals surface area contributed by atoms with Gasteiger partial charge in [0.15, 0.2) is 0 Å². The standard InChI is InChI=1S/C17H13N3O4/c1-2-11-24-16-6-4-3-5-14(16)12-18-19-17(21)13-7-9-15(10-8-13)20(22)23/h1,3-10,12H,11H2,(H,19,21)/b18-12+. The minimum Gasteiger partial charge on any atom is -0.480 e. The number of hydrogen-bond donors (Lipinski definition) is 1. The van der Waals surface area contributed by atoms with Crippen LogP contribution in [0.1, 0.15) is 15.9 Å². The average molecular weight is 323 g/mol. The Morgan fingerprint density at radius 1 is 1.29 bits per heavy atom. The van der Waals surface area contributed by atoms with Gasteiger partial charge in [-0.3, -0.25) is 14.9 Å². The third-order valence-electron chi connectivity index (χ3n) is 2.94. The smallest absolute Gasteiger partial charge is 0.271 e. The normalized spacial score (nSPS) is 10.1. The molecule has 0 heterocycles. The van der Waals surface area contributed by atoms with Gasteiger partial charge in [0, 0.05) is 23.3 Å². The molecule has 0 unspecified atom stereocenters. The minimum absolute atomic E-state index is 0.0883. The molecule has 2 aromatic carbocycles. The molecule has 0 spiro atoms. The van der Waals surface area contributed by atoms with Gasteiger partial charge in [-0.25, -0.2) is 5.43 Å². The van der Waals surface area contributed by atoms with Crippen LogP contribution in [0.5, 0.6) is 5.75 Å². The maximum Gasteiger partial charge on any atom is 0.271 e. The third kappa shape index (κ3) is 4.42. The maximum atomic E-state index is 11.9. The summed E-state index contributed by atoms with van der Waals surface area (Å²) in [5.74, 6) is 2.43. The Bertz CT molecular complexity index is 807. The van der Waals surface area contributed by atoms with Crippen LogP contribution in [-0.4, -0.2) is 23.7 Å². The Hall–Kier alpha value is -3.66. The first-order chi connectivity index (χ1) is 11.6. The van der Waals surface area contributed by atoms with Crippen molar-refractivity contribution >= 4 is 17.8 Å². The van der Waals surface area contributed by atoms with Gasteiger partial charge in [0.1, 0.15) is 12.4 Å². The minimum atomic E-state index is -0.535. The van der Waals surface area contributed by atoms with E-state index in [0.29, 0.717) is 11.3 Å². The van der Waals surface area contributed by atoms with Crippen LogP contribution >= 0.6 is 0 Å². The van der Waals surface area contributed by atoms with Gasteiger partial charge in [0.2, 0.25) is 0 Å². The number of nitrogens with zero attached hydrogens (tertiary/aromatic N) is 2. The summed E-state index contributed by atoms with van der Waals surface area (Å²) < 4.78 is 5.36. The molecule has 0 saturated carbocycles. The van der Waals surface area contributed by atoms with E-state index in [2.05, 4.69) is 16.4 Å². The number of para-hydroxylation sites is 1. The molecule has 0 aliphatic carbocycles. The largest absolute Gasteiger partial charge is 0.480 e. The number of nitrogens with one attached hydrogen (secondary N) is 1. The van der Waals surface area contributed by atoms with Gasteiger partial charge >= 0.3 is 0 Å². The Labute approximate surface area is 138 Å². The number of benzene rings is 2. The quantitative estimate of drug-likeness (QED) is 0.382. The number of non-ortho nitro benzene ring substituents is 1. The first kappa shape index (κ1) is 16.7. The summed E-state index contributed by atoms with van der Waals surface area (Å²) in [4.78, 5) is 22.0. The van der Waals surface area contributed by atoms with Crippen molar-refractivity contribution in [2.45, 2.75) is 0 Å². The molecule has 2 rings (SSSR count). The fraction of sp³-hybridized carbons (Fsp3) is 0.0588. The van der Waals surface area contributed by atoms with Crippen molar-refractivity contribution < 1.29 is 14.5 Å². The molecule has 1 N–H and O–H groups in total. The molecule has 7 nitrogen and oxygen atoms in total. The summed E-state index contributed by atoms with van der Waals surface area (Å²) in [6.45, 7) is 0.125. The molecular weight excluding hydrogens is 310 g/mol. The first-order valence-electron chi connectivity index (χ1n) is 6.85. The molecule has 120 valence electrons. The fourth-order valence-corrected chi connectivity index (χ4v) is 1.80. The highest BCUT2D eigenvalue weighted by molar-refractivity contribution is 5.95. The average Bonchev–Trinajstić information content (AvgIpc) is 2.60. The van der Waals surface area contributed by atoms with Crippen LogP contribution < -0.4 is 10.2 Å². The highest BCUT2D eigenvalue weighted by Gasteiger charge is 2.08. The van der Waals surface area contributed by atoms with Gasteiger partial charge in [0.25, 0.3) is 11.6 Å². The second-order valence-corrected chi connectivity index (χ2v) is 4.53. The highest BCUT2D eigenvalue weighted by atomic mass is 16.6. The number of carbonyl (C=O) groups excluding carboxylic acids is 1. The van der Waals surface area contributed by atoms with Gasteiger partial charge in [-0.2, -0.15) is 5.10 Å². The molecule has 0 fully saturated rings. The molecular formula is C17H13N3O4. The van der Waals surface area contributed by atoms with Crippen molar-refractivity contribution in [3.05, 3.63) is 69.8 Å². The van der Waals surface area contributed by atoms with Crippen LogP contribution in [0, 0.1) is 22.5 Å². The van der Waals surface area contributed by atoms with E-state index < -0.39 is 10.8 Å². The molecule has 0 radical (unpaired) electrons. The number of rotatable bonds is 6. The second-order valence-electron chi connectivity index (χ2n) is 4.53. The van der Waals surface area contributed by atoms with Crippen LogP contribution in [0.2, 0.25) is 0 Å². The molecule has 0 aliphatic rings. The number of hydrogen-bond acceptors (Lipinski definition) is 5. The first-order valence-corrected chi connectivity index (χ1v) is 6.85. The van der Waals surface area contributed by atoms with Crippen LogP contribution in [0.15, 0.2) is 53.6 Å². The third-order valence-corrected chi connectivity index (χ3v) is 2.94. The van der Waals surface area contributed by atoms with Crippen molar-refractivity contribution in [3.8, 4) is 18.1 Å². The van der Waals surface area contributed by atoms with Crippen LogP contribution in [-0.2, 0) is 0 Å². The number of terminal acetylenes is 1. The van der Waals surface area contributed by atoms with Crippen LogP contribution in [0.25, 0.3) is 0 Å². The van der Waals surface area contributed by atoms with Crippen molar-refractivity contribution in [2.75, 3.05) is 6.61 Å². The summed E-state index contributed by atoms with van der Waals surface area (Å²) >= 11 is 0. The summed E-state index contributed by atoms with van der Waals surface area (Å²) in [7, 11) is 0. The topological polar surface area (TPSA) is 93.8 Å². The lowest BCUT2D eigenvalue weighted by Gasteiger charge is -2.05. The number of nitro benzene ring substituents is 1. The lowest BCUT2D eigenvalue weighted by molar-refractivity contribution is -0.384. The van der Waals surface area contributed by atoms with Crippen molar-refractivity contribution in [3.63, 3.8) is 0 Å². The summed E-state index contributed by atoms with van der Waals surface area (Å²) in [6.07, 6.45) is 6.58. The number of amides is 1. The van der Waals surface area contributed by atoms with E-state index in [0.717, 1.165) is 0 Å². The number of ether oxygens (including phenoxy) is 1. The van der Waals surface area contributed by atoms with E-state index in [9.17, 15) is 14.9 Å². The van der Waals surface area contributed by atoms with E-state index in [4.69, 9.17) is 11.2 Å². The fourth-order valence-electron chi connectivity index (χ4n) is 1.80. The van der Waals surface area contributed by atoms with Crippen LogP contribution in [0.3, 0.4) is 0 Å². The maximum absolute atomic E-state index is 11.9. The Balaban J connectivity index is 2.02. The van der Waals surface area contributed by atoms with Gasteiger partial charge in [0.05, 0.1) is 11.1 Å². The molecule has 0 atom stereocenters. The zero-order valence-corrected chi connectivity index (χ0v) is 12.5. The van der Waals surface area contributed by atoms with Gasteiger partial charge in [-0.15, -0.1) is 6.42 Å². The van der Waals surface area contributed by atoms with Crippen molar-refractivity contribution in [1.82, 2.24) is 5.43 Å². The lowest BCUT2D eigenvalue weighted by atomic mass is 10.2. The molecule has 7 heteroatoms. The summed E-state index contributed by atoms with van der Waals surface area (Å²) in [6, 6.07) is 12.3. The van der Waals surface area contributed by atoms with E-state index in [1.807, 2.05) is 0 Å². The monoisotopic (exact) mass is 323 g/mol. The Morgan fingerprint density at radius 2 is 2.00 bits per heavy atom. The van der Waals surface area contributed by atoms with Gasteiger partial charge in [-0.05, 0) is 24.3 Å². The molecule has 2 aromatic rings. The lowest BCUT2D eigenvalue weighted by Crippen LogP contribution is -2.17. The summed E-state index contributed by atoms with van der Waals surface area (Å²) in [5.41, 5.74) is 3.16. The molecule has 0 aromatic heterocycles. The van der Waals surface area contributed by atoms with Gasteiger partial charge < -0.3 is 4.74 Å². The van der Waals surface area contributed by atoms with Gasteiger partial charge in [-0.1, -0.05) is 18.1 Å². The van der Waals surface area contributed by atoms with E-state index in [-0.39, 0.29) is 17.9 Å². The van der Waals surface area contributed by atoms with E-state index >= 15 is 0 Å². The van der Waals surface area contributed by atoms with Crippen molar-refractivity contribution in [1.29, 1.82) is 0 Å². The second kappa shape index (κ2) is 8.10. The number of carbonyl (C=O) groups is 1. The number of nitro groups is 1. The number of hydrazone groups is 1. The van der Waals surface area contributed by atoms with Crippen LogP contribution in [0.4, 0.5) is 5.69 Å². The predicted molar refractivity (Wildman–Crippen MR) is 88.9 cm³/mol. The molecule has 1 amide bonds. The predicted octanol–water partition coefficient (Wildman–Crippen LogP) is 2.37. The Kier molecular flexibility index (Phi) is 5.64. The molecule has 0 bridgehead atoms. The highest BCUT2D eigenvalue weighted by Crippen LogP contribution is 2.15. The summed E-state index contributed by atoms with van der Waals surface area (Å²) in [5, 5.41) is 14.4. The molecule has 24 heavy (non-hydrogen) atoms. The zero-order valence-electron chi connectivity index (χ0n) is 12.5.